The summed E-state index contributed by atoms with van der Waals surface area (Å²) in [5.41, 5.74) is -0.505. The Hall–Kier alpha value is -4.31. The minimum absolute atomic E-state index is 0.0129. The number of benzene rings is 2. The summed E-state index contributed by atoms with van der Waals surface area (Å²) in [6.45, 7) is 6.41. The molecule has 2 aromatic heterocycles. The van der Waals surface area contributed by atoms with E-state index in [-0.39, 0.29) is 68.1 Å². The number of ether oxygens (including phenoxy) is 3. The van der Waals surface area contributed by atoms with E-state index in [1.165, 1.54) is 31.4 Å². The topological polar surface area (TPSA) is 113 Å². The number of aliphatic hydroxyl groups is 1. The van der Waals surface area contributed by atoms with Crippen molar-refractivity contribution in [3.05, 3.63) is 41.5 Å². The lowest BCUT2D eigenvalue weighted by Gasteiger charge is -2.50. The fourth-order valence-corrected chi connectivity index (χ4v) is 8.93. The van der Waals surface area contributed by atoms with Gasteiger partial charge in [0.25, 0.3) is 0 Å². The van der Waals surface area contributed by atoms with Gasteiger partial charge in [0.2, 0.25) is 5.88 Å². The molecule has 7 rings (SSSR count). The number of fused-ring (bicyclic) bond motifs is 3. The zero-order valence-electron chi connectivity index (χ0n) is 30.1. The number of nitrogens with zero attached hydrogens (tertiary/aromatic N) is 5. The molecule has 52 heavy (non-hydrogen) atoms. The van der Waals surface area contributed by atoms with E-state index in [9.17, 15) is 10.2 Å². The van der Waals surface area contributed by atoms with Crippen molar-refractivity contribution in [2.75, 3.05) is 45.0 Å². The number of hydrogen-bond donors (Lipinski definition) is 2. The van der Waals surface area contributed by atoms with Crippen LogP contribution in [0.3, 0.4) is 0 Å². The van der Waals surface area contributed by atoms with Gasteiger partial charge >= 0.3 is 6.01 Å². The second kappa shape index (κ2) is 15.0. The van der Waals surface area contributed by atoms with Crippen molar-refractivity contribution in [2.45, 2.75) is 89.8 Å². The molecule has 10 nitrogen and oxygen atoms in total. The number of unbranched alkanes of at least 4 members (excludes halogenated alkanes) is 1. The Morgan fingerprint density at radius 1 is 1.13 bits per heavy atom. The molecule has 276 valence electrons. The fourth-order valence-electron chi connectivity index (χ4n) is 8.93. The van der Waals surface area contributed by atoms with Gasteiger partial charge in [0.15, 0.2) is 11.6 Å². The molecule has 4 aromatic rings. The van der Waals surface area contributed by atoms with Crippen LogP contribution in [-0.2, 0) is 4.74 Å². The van der Waals surface area contributed by atoms with Crippen molar-refractivity contribution >= 4 is 27.5 Å². The molecule has 12 heteroatoms. The van der Waals surface area contributed by atoms with Gasteiger partial charge in [-0.25, -0.2) is 13.8 Å². The maximum absolute atomic E-state index is 17.2. The van der Waals surface area contributed by atoms with Gasteiger partial charge in [-0.2, -0.15) is 9.97 Å². The van der Waals surface area contributed by atoms with E-state index in [4.69, 9.17) is 25.6 Å². The highest BCUT2D eigenvalue weighted by Gasteiger charge is 2.50. The SMILES string of the molecule is C#Cc1c(F)ccc2cc(O)cc(-c3nc(OC)c4c(N(CO)CCCC)nc(OCC56CCCC5N(C5CCO[C@@H](C)C5)CCC6)nc4c3F)c12. The number of pyridine rings is 1. The number of aromatic hydroxyl groups is 1. The van der Waals surface area contributed by atoms with Crippen LogP contribution in [0.1, 0.15) is 77.2 Å². The number of aromatic nitrogens is 3. The first-order chi connectivity index (χ1) is 25.2. The quantitative estimate of drug-likeness (QED) is 0.125. The zero-order valence-corrected chi connectivity index (χ0v) is 30.1. The highest BCUT2D eigenvalue weighted by molar-refractivity contribution is 6.04. The Kier molecular flexibility index (Phi) is 10.4. The first-order valence-corrected chi connectivity index (χ1v) is 18.4. The predicted molar refractivity (Wildman–Crippen MR) is 196 cm³/mol. The Morgan fingerprint density at radius 3 is 2.71 bits per heavy atom. The van der Waals surface area contributed by atoms with Crippen LogP contribution in [0.5, 0.6) is 17.6 Å². The van der Waals surface area contributed by atoms with Gasteiger partial charge in [-0.05, 0) is 82.0 Å². The summed E-state index contributed by atoms with van der Waals surface area (Å²) in [5.74, 6) is 0.887. The number of methoxy groups -OCH3 is 1. The molecular weight excluding hydrogens is 668 g/mol. The van der Waals surface area contributed by atoms with E-state index in [1.807, 2.05) is 6.92 Å². The highest BCUT2D eigenvalue weighted by atomic mass is 19.1. The summed E-state index contributed by atoms with van der Waals surface area (Å²) in [5, 5.41) is 22.0. The molecule has 3 aliphatic rings. The van der Waals surface area contributed by atoms with E-state index in [0.717, 1.165) is 70.9 Å². The number of anilines is 1. The molecule has 3 unspecified atom stereocenters. The summed E-state index contributed by atoms with van der Waals surface area (Å²) in [4.78, 5) is 18.3. The van der Waals surface area contributed by atoms with Crippen molar-refractivity contribution in [2.24, 2.45) is 5.41 Å². The van der Waals surface area contributed by atoms with Crippen molar-refractivity contribution < 1.29 is 33.2 Å². The summed E-state index contributed by atoms with van der Waals surface area (Å²) in [6, 6.07) is 6.20. The smallest absolute Gasteiger partial charge is 0.319 e. The summed E-state index contributed by atoms with van der Waals surface area (Å²) < 4.78 is 50.3. The molecule has 2 N–H and O–H groups in total. The van der Waals surface area contributed by atoms with Crippen LogP contribution in [0, 0.1) is 29.4 Å². The van der Waals surface area contributed by atoms with Gasteiger partial charge < -0.3 is 29.3 Å². The monoisotopic (exact) mass is 715 g/mol. The zero-order chi connectivity index (χ0) is 36.6. The van der Waals surface area contributed by atoms with Crippen LogP contribution in [0.15, 0.2) is 24.3 Å². The number of phenols is 1. The molecule has 2 saturated heterocycles. The van der Waals surface area contributed by atoms with E-state index >= 15 is 8.78 Å². The van der Waals surface area contributed by atoms with Gasteiger partial charge in [0, 0.05) is 41.6 Å². The standard InChI is InChI=1S/C40H47F2N5O5/c1-5-7-16-46(23-48)37-33-36(34(42)35(43-38(33)50-4)29-21-27(49)20-25-11-12-30(41)28(6-2)32(25)29)44-39(45-37)52-22-40-14-8-10-31(40)47(17-9-15-40)26-13-18-51-24(3)19-26/h2,11-12,20-21,24,26,31,48-49H,5,7-10,13-19,22-23H2,1,3-4H3/t24-,26?,31?,40?/m0/s1. The molecule has 4 atom stereocenters. The summed E-state index contributed by atoms with van der Waals surface area (Å²) in [6.07, 6.45) is 14.9. The molecule has 1 saturated carbocycles. The van der Waals surface area contributed by atoms with E-state index in [1.54, 1.807) is 4.90 Å². The van der Waals surface area contributed by atoms with Crippen LogP contribution in [-0.4, -0.2) is 88.4 Å². The van der Waals surface area contributed by atoms with Gasteiger partial charge in [0.1, 0.15) is 34.9 Å². The van der Waals surface area contributed by atoms with E-state index < -0.39 is 18.4 Å². The average molecular weight is 716 g/mol. The minimum atomic E-state index is -0.855. The van der Waals surface area contributed by atoms with Crippen LogP contribution in [0.2, 0.25) is 0 Å². The van der Waals surface area contributed by atoms with Gasteiger partial charge in [-0.1, -0.05) is 31.8 Å². The Morgan fingerprint density at radius 2 is 1.96 bits per heavy atom. The van der Waals surface area contributed by atoms with Gasteiger partial charge in [-0.3, -0.25) is 4.90 Å². The number of terminal acetylenes is 1. The van der Waals surface area contributed by atoms with Gasteiger partial charge in [0.05, 0.1) is 25.4 Å². The van der Waals surface area contributed by atoms with Crippen molar-refractivity contribution in [1.82, 2.24) is 19.9 Å². The average Bonchev–Trinajstić information content (AvgIpc) is 3.59. The first kappa shape index (κ1) is 36.1. The molecule has 2 aliphatic heterocycles. The number of rotatable bonds is 11. The molecule has 4 heterocycles. The second-order valence-electron chi connectivity index (χ2n) is 14.5. The molecule has 2 aromatic carbocycles. The third kappa shape index (κ3) is 6.48. The lowest BCUT2D eigenvalue weighted by atomic mass is 9.74. The molecule has 0 bridgehead atoms. The Bertz CT molecular complexity index is 2010. The summed E-state index contributed by atoms with van der Waals surface area (Å²) >= 11 is 0. The van der Waals surface area contributed by atoms with Crippen molar-refractivity contribution in [3.8, 4) is 41.2 Å². The predicted octanol–water partition coefficient (Wildman–Crippen LogP) is 6.96. The number of piperidine rings is 1. The van der Waals surface area contributed by atoms with Crippen molar-refractivity contribution in [3.63, 3.8) is 0 Å². The molecule has 0 amide bonds. The Balaban J connectivity index is 1.35. The molecule has 1 aliphatic carbocycles. The van der Waals surface area contributed by atoms with E-state index in [0.29, 0.717) is 30.6 Å². The van der Waals surface area contributed by atoms with Crippen LogP contribution < -0.4 is 14.4 Å². The second-order valence-corrected chi connectivity index (χ2v) is 14.5. The highest BCUT2D eigenvalue weighted by Crippen LogP contribution is 2.50. The van der Waals surface area contributed by atoms with Gasteiger partial charge in [-0.15, -0.1) is 6.42 Å². The van der Waals surface area contributed by atoms with Crippen LogP contribution in [0.25, 0.3) is 32.9 Å². The van der Waals surface area contributed by atoms with Crippen LogP contribution in [0.4, 0.5) is 14.6 Å². The first-order valence-electron chi connectivity index (χ1n) is 18.4. The number of likely N-dealkylation sites (tertiary alicyclic amines) is 1. The lowest BCUT2D eigenvalue weighted by molar-refractivity contribution is -0.0701. The molecule has 3 fully saturated rings. The number of aliphatic hydroxyl groups excluding tert-OH is 1. The minimum Gasteiger partial charge on any atom is -0.508 e. The Labute approximate surface area is 303 Å². The molecule has 0 spiro atoms. The molecule has 0 radical (unpaired) electrons. The maximum atomic E-state index is 17.2. The largest absolute Gasteiger partial charge is 0.508 e. The number of halogens is 2. The summed E-state index contributed by atoms with van der Waals surface area (Å²) in [7, 11) is 1.40. The number of hydrogen-bond acceptors (Lipinski definition) is 10. The van der Waals surface area contributed by atoms with E-state index in [2.05, 4.69) is 27.7 Å². The fraction of sp³-hybridized carbons (Fsp3) is 0.525. The lowest BCUT2D eigenvalue weighted by Crippen LogP contribution is -2.57. The maximum Gasteiger partial charge on any atom is 0.319 e. The third-order valence-electron chi connectivity index (χ3n) is 11.4. The van der Waals surface area contributed by atoms with Crippen molar-refractivity contribution in [1.29, 1.82) is 0 Å². The normalized spacial score (nSPS) is 23.4. The third-order valence-corrected chi connectivity index (χ3v) is 11.4. The van der Waals surface area contributed by atoms with Crippen LogP contribution >= 0.6 is 0 Å². The molecular formula is C40H47F2N5O5. The number of phenolic OH excluding ortho intramolecular Hbond substituents is 1.